The number of anilines is 1. The third kappa shape index (κ3) is 3.55. The zero-order valence-electron chi connectivity index (χ0n) is 14.8. The van der Waals surface area contributed by atoms with Gasteiger partial charge in [0.1, 0.15) is 11.3 Å². The molecule has 0 saturated carbocycles. The first kappa shape index (κ1) is 18.0. The number of nitrogens with zero attached hydrogens (tertiary/aromatic N) is 4. The Bertz CT molecular complexity index is 1090. The number of carbonyl (C=O) groups excluding carboxylic acids is 1. The summed E-state index contributed by atoms with van der Waals surface area (Å²) < 4.78 is 15.7. The van der Waals surface area contributed by atoms with Gasteiger partial charge in [-0.25, -0.2) is 14.4 Å². The van der Waals surface area contributed by atoms with Crippen molar-refractivity contribution in [1.29, 1.82) is 0 Å². The monoisotopic (exact) mass is 400 g/mol. The number of halogens is 1. The van der Waals surface area contributed by atoms with Crippen LogP contribution in [0.25, 0.3) is 20.4 Å². The van der Waals surface area contributed by atoms with Crippen molar-refractivity contribution in [3.05, 3.63) is 53.3 Å². The Labute approximate surface area is 163 Å². The van der Waals surface area contributed by atoms with Gasteiger partial charge in [0.05, 0.1) is 14.9 Å². The van der Waals surface area contributed by atoms with E-state index in [2.05, 4.69) is 9.97 Å². The van der Waals surface area contributed by atoms with Gasteiger partial charge < -0.3 is 4.90 Å². The summed E-state index contributed by atoms with van der Waals surface area (Å²) >= 11 is 2.67. The van der Waals surface area contributed by atoms with Crippen molar-refractivity contribution < 1.29 is 9.18 Å². The summed E-state index contributed by atoms with van der Waals surface area (Å²) in [5.41, 5.74) is 1.10. The average Bonchev–Trinajstić information content (AvgIpc) is 3.26. The highest BCUT2D eigenvalue weighted by atomic mass is 32.1. The summed E-state index contributed by atoms with van der Waals surface area (Å²) in [4.78, 5) is 25.7. The van der Waals surface area contributed by atoms with Crippen LogP contribution < -0.4 is 4.90 Å². The Balaban J connectivity index is 1.74. The molecule has 0 aliphatic rings. The van der Waals surface area contributed by atoms with Gasteiger partial charge in [0.25, 0.3) is 5.91 Å². The second-order valence-corrected chi connectivity index (χ2v) is 8.37. The number of hydrogen-bond acceptors (Lipinski definition) is 6. The minimum absolute atomic E-state index is 0.211. The predicted molar refractivity (Wildman–Crippen MR) is 109 cm³/mol. The van der Waals surface area contributed by atoms with E-state index in [0.717, 1.165) is 14.9 Å². The SMILES string of the molecule is CN(C)CCN(C(=O)c1nc2ccccc2s1)c1nc2c(F)cccc2s1. The van der Waals surface area contributed by atoms with E-state index < -0.39 is 0 Å². The quantitative estimate of drug-likeness (QED) is 0.502. The topological polar surface area (TPSA) is 49.3 Å². The summed E-state index contributed by atoms with van der Waals surface area (Å²) in [6, 6.07) is 12.5. The van der Waals surface area contributed by atoms with Crippen LogP contribution in [0, 0.1) is 5.82 Å². The average molecular weight is 401 g/mol. The van der Waals surface area contributed by atoms with Gasteiger partial charge in [-0.05, 0) is 38.4 Å². The second kappa shape index (κ2) is 7.30. The Hall–Kier alpha value is -2.42. The highest BCUT2D eigenvalue weighted by Gasteiger charge is 2.24. The molecule has 0 aliphatic carbocycles. The lowest BCUT2D eigenvalue weighted by Crippen LogP contribution is -2.36. The molecule has 2 aromatic heterocycles. The molecule has 0 radical (unpaired) electrons. The van der Waals surface area contributed by atoms with Crippen molar-refractivity contribution in [2.24, 2.45) is 0 Å². The highest BCUT2D eigenvalue weighted by Crippen LogP contribution is 2.32. The molecule has 0 aliphatic heterocycles. The first-order valence-electron chi connectivity index (χ1n) is 8.40. The number of carbonyl (C=O) groups is 1. The van der Waals surface area contributed by atoms with Gasteiger partial charge in [-0.15, -0.1) is 11.3 Å². The van der Waals surface area contributed by atoms with Crippen molar-refractivity contribution >= 4 is 54.1 Å². The van der Waals surface area contributed by atoms with E-state index in [9.17, 15) is 9.18 Å². The number of aromatic nitrogens is 2. The maximum absolute atomic E-state index is 14.1. The third-order valence-electron chi connectivity index (χ3n) is 4.08. The molecule has 27 heavy (non-hydrogen) atoms. The standard InChI is InChI=1S/C19H17FN4OS2/c1-23(2)10-11-24(19-22-16-12(20)6-5-9-15(16)27-19)18(25)17-21-13-7-3-4-8-14(13)26-17/h3-9H,10-11H2,1-2H3. The van der Waals surface area contributed by atoms with Gasteiger partial charge in [0.15, 0.2) is 10.1 Å². The number of para-hydroxylation sites is 2. The fourth-order valence-corrected chi connectivity index (χ4v) is 4.60. The van der Waals surface area contributed by atoms with Crippen LogP contribution >= 0.6 is 22.7 Å². The Morgan fingerprint density at radius 3 is 2.52 bits per heavy atom. The van der Waals surface area contributed by atoms with Crippen molar-refractivity contribution in [2.45, 2.75) is 0 Å². The van der Waals surface area contributed by atoms with E-state index in [4.69, 9.17) is 0 Å². The molecule has 0 N–H and O–H groups in total. The van der Waals surface area contributed by atoms with Crippen molar-refractivity contribution in [2.75, 3.05) is 32.1 Å². The van der Waals surface area contributed by atoms with E-state index in [-0.39, 0.29) is 11.7 Å². The predicted octanol–water partition coefficient (Wildman–Crippen LogP) is 4.25. The lowest BCUT2D eigenvalue weighted by Gasteiger charge is -2.20. The number of benzene rings is 2. The van der Waals surface area contributed by atoms with Crippen LogP contribution in [0.3, 0.4) is 0 Å². The molecular formula is C19H17FN4OS2. The number of likely N-dealkylation sites (N-methyl/N-ethyl adjacent to an activating group) is 1. The summed E-state index contributed by atoms with van der Waals surface area (Å²) in [6.07, 6.45) is 0. The third-order valence-corrected chi connectivity index (χ3v) is 6.15. The summed E-state index contributed by atoms with van der Waals surface area (Å²) in [5.74, 6) is -0.590. The van der Waals surface area contributed by atoms with Crippen LogP contribution in [0.5, 0.6) is 0 Å². The van der Waals surface area contributed by atoms with Crippen molar-refractivity contribution in [3.8, 4) is 0 Å². The van der Waals surface area contributed by atoms with Crippen LogP contribution in [-0.4, -0.2) is 48.0 Å². The normalized spacial score (nSPS) is 11.6. The van der Waals surface area contributed by atoms with Crippen molar-refractivity contribution in [1.82, 2.24) is 14.9 Å². The molecule has 0 bridgehead atoms. The van der Waals surface area contributed by atoms with E-state index in [0.29, 0.717) is 28.7 Å². The lowest BCUT2D eigenvalue weighted by atomic mass is 10.3. The Kier molecular flexibility index (Phi) is 4.86. The molecule has 0 saturated heterocycles. The molecule has 5 nitrogen and oxygen atoms in total. The number of rotatable bonds is 5. The fourth-order valence-electron chi connectivity index (χ4n) is 2.68. The van der Waals surface area contributed by atoms with E-state index in [1.807, 2.05) is 49.3 Å². The van der Waals surface area contributed by atoms with E-state index in [1.54, 1.807) is 11.0 Å². The minimum atomic E-state index is -0.380. The molecule has 0 atom stereocenters. The van der Waals surface area contributed by atoms with Gasteiger partial charge >= 0.3 is 0 Å². The van der Waals surface area contributed by atoms with Gasteiger partial charge in [-0.2, -0.15) is 0 Å². The second-order valence-electron chi connectivity index (χ2n) is 6.33. The minimum Gasteiger partial charge on any atom is -0.308 e. The lowest BCUT2D eigenvalue weighted by molar-refractivity contribution is 0.0985. The van der Waals surface area contributed by atoms with Crippen LogP contribution in [0.2, 0.25) is 0 Å². The number of thiazole rings is 2. The molecule has 4 rings (SSSR count). The first-order valence-corrected chi connectivity index (χ1v) is 10.0. The summed E-state index contributed by atoms with van der Waals surface area (Å²) in [5, 5.41) is 0.899. The number of fused-ring (bicyclic) bond motifs is 2. The number of amides is 1. The Morgan fingerprint density at radius 2 is 1.78 bits per heavy atom. The molecule has 4 aromatic rings. The number of hydrogen-bond donors (Lipinski definition) is 0. The molecule has 2 aromatic carbocycles. The zero-order chi connectivity index (χ0) is 19.0. The maximum atomic E-state index is 14.1. The van der Waals surface area contributed by atoms with Gasteiger partial charge in [-0.1, -0.05) is 29.5 Å². The Morgan fingerprint density at radius 1 is 1.00 bits per heavy atom. The van der Waals surface area contributed by atoms with Crippen molar-refractivity contribution in [3.63, 3.8) is 0 Å². The molecule has 0 spiro atoms. The van der Waals surface area contributed by atoms with Crippen LogP contribution in [0.4, 0.5) is 9.52 Å². The smallest absolute Gasteiger partial charge is 0.289 e. The van der Waals surface area contributed by atoms with E-state index in [1.165, 1.54) is 28.7 Å². The van der Waals surface area contributed by atoms with Gasteiger partial charge in [0.2, 0.25) is 0 Å². The molecule has 2 heterocycles. The highest BCUT2D eigenvalue weighted by molar-refractivity contribution is 7.23. The molecule has 1 amide bonds. The fraction of sp³-hybridized carbons (Fsp3) is 0.211. The molecule has 8 heteroatoms. The van der Waals surface area contributed by atoms with E-state index >= 15 is 0 Å². The zero-order valence-corrected chi connectivity index (χ0v) is 16.5. The van der Waals surface area contributed by atoms with Gasteiger partial charge in [-0.3, -0.25) is 9.69 Å². The van der Waals surface area contributed by atoms with Crippen LogP contribution in [0.15, 0.2) is 42.5 Å². The summed E-state index contributed by atoms with van der Waals surface area (Å²) in [6.45, 7) is 1.11. The maximum Gasteiger partial charge on any atom is 0.289 e. The molecule has 0 unspecified atom stereocenters. The first-order chi connectivity index (χ1) is 13.0. The van der Waals surface area contributed by atoms with Crippen LogP contribution in [-0.2, 0) is 0 Å². The molecule has 138 valence electrons. The largest absolute Gasteiger partial charge is 0.308 e. The van der Waals surface area contributed by atoms with Crippen LogP contribution in [0.1, 0.15) is 9.80 Å². The summed E-state index contributed by atoms with van der Waals surface area (Å²) in [7, 11) is 3.89. The molecular weight excluding hydrogens is 383 g/mol. The molecule has 0 fully saturated rings. The van der Waals surface area contributed by atoms with Gasteiger partial charge in [0, 0.05) is 13.1 Å².